The number of primary amides is 1. The number of nitrogens with two attached hydrogens (primary N) is 1. The number of ether oxygens (including phenoxy) is 1. The number of nitrogens with zero attached hydrogens (tertiary/aromatic N) is 1. The molecule has 0 saturated carbocycles. The van der Waals surface area contributed by atoms with Crippen LogP contribution in [0.1, 0.15) is 31.2 Å². The van der Waals surface area contributed by atoms with Gasteiger partial charge in [0.25, 0.3) is 0 Å². The molecule has 1 aromatic heterocycles. The van der Waals surface area contributed by atoms with Gasteiger partial charge >= 0.3 is 0 Å². The van der Waals surface area contributed by atoms with Crippen molar-refractivity contribution >= 4 is 47.0 Å². The smallest absolute Gasteiger partial charge is 0.250 e. The molecule has 28 heavy (non-hydrogen) atoms. The minimum atomic E-state index is -0.428. The van der Waals surface area contributed by atoms with Gasteiger partial charge in [-0.2, -0.15) is 0 Å². The lowest BCUT2D eigenvalue weighted by atomic mass is 9.97. The number of fused-ring (bicyclic) bond motifs is 1. The van der Waals surface area contributed by atoms with E-state index in [-0.39, 0.29) is 24.6 Å². The molecule has 0 bridgehead atoms. The summed E-state index contributed by atoms with van der Waals surface area (Å²) in [6, 6.07) is 7.73. The highest BCUT2D eigenvalue weighted by molar-refractivity contribution is 7.12. The lowest BCUT2D eigenvalue weighted by Crippen LogP contribution is -2.50. The lowest BCUT2D eigenvalue weighted by molar-refractivity contribution is -0.117. The molecule has 0 atom stereocenters. The molecular formula is C20H22Cl2N2O3S. The maximum absolute atomic E-state index is 12.6. The fraction of sp³-hybridized carbons (Fsp3) is 0.400. The molecule has 2 aromatic rings. The second-order valence-corrected chi connectivity index (χ2v) is 8.72. The Morgan fingerprint density at radius 2 is 1.93 bits per heavy atom. The zero-order chi connectivity index (χ0) is 19.0. The van der Waals surface area contributed by atoms with Crippen molar-refractivity contribution < 1.29 is 14.3 Å². The summed E-state index contributed by atoms with van der Waals surface area (Å²) in [5.41, 5.74) is 8.20. The van der Waals surface area contributed by atoms with Crippen molar-refractivity contribution in [1.29, 1.82) is 0 Å². The van der Waals surface area contributed by atoms with Crippen LogP contribution in [0.15, 0.2) is 24.3 Å². The van der Waals surface area contributed by atoms with Gasteiger partial charge in [-0.05, 0) is 29.7 Å². The summed E-state index contributed by atoms with van der Waals surface area (Å²) in [5, 5.41) is 0.648. The SMILES string of the molecule is Cl.NC(=O)c1c(CC(=O)Cc2ccc(Cl)cc2)sc2c1CCN(C1COC1)C2. The minimum Gasteiger partial charge on any atom is -0.378 e. The number of hydrogen-bond acceptors (Lipinski definition) is 5. The van der Waals surface area contributed by atoms with Crippen LogP contribution >= 0.6 is 35.3 Å². The standard InChI is InChI=1S/C20H21ClN2O3S.ClH/c21-13-3-1-12(2-4-13)7-15(24)8-17-19(20(22)25)16-5-6-23(9-18(16)27-17)14-10-26-11-14;/h1-4,14H,5-11H2,(H2,22,25);1H. The summed E-state index contributed by atoms with van der Waals surface area (Å²) >= 11 is 7.46. The second-order valence-electron chi connectivity index (χ2n) is 7.10. The monoisotopic (exact) mass is 440 g/mol. The van der Waals surface area contributed by atoms with E-state index < -0.39 is 5.91 Å². The highest BCUT2D eigenvalue weighted by Crippen LogP contribution is 2.35. The number of carbonyl (C=O) groups is 2. The van der Waals surface area contributed by atoms with Crippen LogP contribution in [0.5, 0.6) is 0 Å². The molecule has 1 fully saturated rings. The molecule has 2 N–H and O–H groups in total. The van der Waals surface area contributed by atoms with Crippen LogP contribution in [0.2, 0.25) is 5.02 Å². The normalized spacial score (nSPS) is 16.8. The molecule has 0 aliphatic carbocycles. The number of benzene rings is 1. The molecule has 1 saturated heterocycles. The van der Waals surface area contributed by atoms with E-state index in [0.29, 0.717) is 23.0 Å². The van der Waals surface area contributed by atoms with Gasteiger partial charge in [-0.1, -0.05) is 23.7 Å². The number of ketones is 1. The topological polar surface area (TPSA) is 72.6 Å². The van der Waals surface area contributed by atoms with Crippen molar-refractivity contribution in [2.75, 3.05) is 19.8 Å². The van der Waals surface area contributed by atoms with Crippen molar-refractivity contribution in [3.8, 4) is 0 Å². The largest absolute Gasteiger partial charge is 0.378 e. The number of carbonyl (C=O) groups excluding carboxylic acids is 2. The van der Waals surface area contributed by atoms with E-state index in [1.54, 1.807) is 23.5 Å². The van der Waals surface area contributed by atoms with Gasteiger partial charge in [-0.3, -0.25) is 14.5 Å². The number of halogens is 2. The summed E-state index contributed by atoms with van der Waals surface area (Å²) in [6.45, 7) is 3.25. The van der Waals surface area contributed by atoms with Crippen molar-refractivity contribution in [2.24, 2.45) is 5.73 Å². The van der Waals surface area contributed by atoms with Gasteiger partial charge in [-0.25, -0.2) is 0 Å². The number of Topliss-reactive ketones (excluding diaryl/α,β-unsaturated/α-hetero) is 1. The van der Waals surface area contributed by atoms with Gasteiger partial charge in [0.05, 0.1) is 24.8 Å². The van der Waals surface area contributed by atoms with Crippen LogP contribution in [-0.2, 0) is 35.3 Å². The average molecular weight is 441 g/mol. The first-order valence-electron chi connectivity index (χ1n) is 9.02. The molecule has 150 valence electrons. The number of thiophene rings is 1. The van der Waals surface area contributed by atoms with E-state index in [1.165, 1.54) is 0 Å². The van der Waals surface area contributed by atoms with Crippen LogP contribution in [0.4, 0.5) is 0 Å². The van der Waals surface area contributed by atoms with Crippen LogP contribution < -0.4 is 5.73 Å². The summed E-state index contributed by atoms with van der Waals surface area (Å²) in [6.07, 6.45) is 1.36. The zero-order valence-corrected chi connectivity index (χ0v) is 17.7. The maximum atomic E-state index is 12.6. The molecule has 1 amide bonds. The number of rotatable bonds is 6. The van der Waals surface area contributed by atoms with Gasteiger partial charge in [0.2, 0.25) is 5.91 Å². The fourth-order valence-corrected chi connectivity index (χ4v) is 5.25. The van der Waals surface area contributed by atoms with Crippen LogP contribution in [0.25, 0.3) is 0 Å². The van der Waals surface area contributed by atoms with Crippen LogP contribution in [-0.4, -0.2) is 42.4 Å². The minimum absolute atomic E-state index is 0. The number of hydrogen-bond donors (Lipinski definition) is 1. The Hall–Kier alpha value is -1.44. The third-order valence-corrected chi connectivity index (χ3v) is 6.68. The molecule has 1 aromatic carbocycles. The van der Waals surface area contributed by atoms with Gasteiger partial charge < -0.3 is 10.5 Å². The van der Waals surface area contributed by atoms with Crippen LogP contribution in [0.3, 0.4) is 0 Å². The zero-order valence-electron chi connectivity index (χ0n) is 15.3. The quantitative estimate of drug-likeness (QED) is 0.748. The summed E-state index contributed by atoms with van der Waals surface area (Å²) in [5.74, 6) is -0.357. The highest BCUT2D eigenvalue weighted by Gasteiger charge is 2.32. The summed E-state index contributed by atoms with van der Waals surface area (Å²) in [4.78, 5) is 29.0. The lowest BCUT2D eigenvalue weighted by Gasteiger charge is -2.39. The Morgan fingerprint density at radius 1 is 1.21 bits per heavy atom. The average Bonchev–Trinajstić information content (AvgIpc) is 2.92. The first-order chi connectivity index (χ1) is 13.0. The van der Waals surface area contributed by atoms with Gasteiger partial charge in [0, 0.05) is 40.7 Å². The first kappa shape index (κ1) is 21.3. The van der Waals surface area contributed by atoms with Crippen molar-refractivity contribution in [1.82, 2.24) is 4.90 Å². The molecule has 4 rings (SSSR count). The molecule has 8 heteroatoms. The Labute approximate surface area is 179 Å². The molecule has 5 nitrogen and oxygen atoms in total. The first-order valence-corrected chi connectivity index (χ1v) is 10.2. The fourth-order valence-electron chi connectivity index (χ4n) is 3.71. The Balaban J connectivity index is 0.00000225. The van der Waals surface area contributed by atoms with Crippen molar-refractivity contribution in [3.05, 3.63) is 55.7 Å². The maximum Gasteiger partial charge on any atom is 0.250 e. The van der Waals surface area contributed by atoms with Crippen molar-refractivity contribution in [3.63, 3.8) is 0 Å². The van der Waals surface area contributed by atoms with Gasteiger partial charge in [0.15, 0.2) is 0 Å². The second kappa shape index (κ2) is 8.93. The molecule has 2 aliphatic heterocycles. The van der Waals surface area contributed by atoms with Gasteiger partial charge in [0.1, 0.15) is 5.78 Å². The van der Waals surface area contributed by atoms with E-state index in [4.69, 9.17) is 22.1 Å². The molecule has 0 unspecified atom stereocenters. The molecular weight excluding hydrogens is 419 g/mol. The van der Waals surface area contributed by atoms with Gasteiger partial charge in [-0.15, -0.1) is 23.7 Å². The molecule has 3 heterocycles. The van der Waals surface area contributed by atoms with E-state index >= 15 is 0 Å². The predicted octanol–water partition coefficient (Wildman–Crippen LogP) is 3.03. The Kier molecular flexibility index (Phi) is 6.78. The van der Waals surface area contributed by atoms with E-state index in [1.807, 2.05) is 12.1 Å². The predicted molar refractivity (Wildman–Crippen MR) is 113 cm³/mol. The highest BCUT2D eigenvalue weighted by atomic mass is 35.5. The van der Waals surface area contributed by atoms with Crippen LogP contribution in [0, 0.1) is 0 Å². The number of amides is 1. The Morgan fingerprint density at radius 3 is 2.54 bits per heavy atom. The third kappa shape index (κ3) is 4.42. The van der Waals surface area contributed by atoms with Crippen molar-refractivity contribution in [2.45, 2.75) is 31.8 Å². The molecule has 0 spiro atoms. The van der Waals surface area contributed by atoms with E-state index in [0.717, 1.165) is 53.6 Å². The van der Waals surface area contributed by atoms with E-state index in [9.17, 15) is 9.59 Å². The van der Waals surface area contributed by atoms with E-state index in [2.05, 4.69) is 4.90 Å². The molecule has 0 radical (unpaired) electrons. The Bertz CT molecular complexity index is 878. The summed E-state index contributed by atoms with van der Waals surface area (Å²) < 4.78 is 5.29. The molecule has 2 aliphatic rings. The third-order valence-electron chi connectivity index (χ3n) is 5.21. The summed E-state index contributed by atoms with van der Waals surface area (Å²) in [7, 11) is 0.